The molecule has 256 valence electrons. The first-order valence-corrected chi connectivity index (χ1v) is 19.1. The number of allylic oxidation sites excluding steroid dienone is 1. The zero-order chi connectivity index (χ0) is 32.6. The lowest BCUT2D eigenvalue weighted by Gasteiger charge is -2.57. The maximum absolute atomic E-state index is 13.9. The van der Waals surface area contributed by atoms with E-state index >= 15 is 0 Å². The molecule has 4 rings (SSSR count). The molecule has 5 nitrogen and oxygen atoms in total. The number of hydrogen-bond donors (Lipinski definition) is 1. The van der Waals surface area contributed by atoms with E-state index in [1.54, 1.807) is 0 Å². The van der Waals surface area contributed by atoms with Crippen LogP contribution in [0, 0.1) is 46.3 Å². The third-order valence-corrected chi connectivity index (χ3v) is 13.2. The van der Waals surface area contributed by atoms with Crippen LogP contribution < -0.4 is 0 Å². The van der Waals surface area contributed by atoms with Crippen molar-refractivity contribution in [1.82, 2.24) is 0 Å². The predicted octanol–water partition coefficient (Wildman–Crippen LogP) is 10.5. The number of aliphatic carboxylic acids is 1. The molecule has 0 aliphatic heterocycles. The molecule has 5 heteroatoms. The van der Waals surface area contributed by atoms with E-state index in [0.717, 1.165) is 75.5 Å². The fraction of sp³-hybridized carbons (Fsp3) is 0.875. The summed E-state index contributed by atoms with van der Waals surface area (Å²) in [5, 5.41) is 8.70. The van der Waals surface area contributed by atoms with E-state index in [2.05, 4.69) is 34.6 Å². The molecule has 8 atom stereocenters. The fourth-order valence-electron chi connectivity index (χ4n) is 10.5. The number of ketones is 1. The molecule has 0 bridgehead atoms. The number of hydrogen-bond acceptors (Lipinski definition) is 4. The molecule has 0 heterocycles. The van der Waals surface area contributed by atoms with Crippen molar-refractivity contribution in [3.05, 3.63) is 11.6 Å². The molecule has 3 saturated carbocycles. The Hall–Kier alpha value is -1.65. The highest BCUT2D eigenvalue weighted by Gasteiger charge is 2.61. The second-order valence-corrected chi connectivity index (χ2v) is 16.7. The third kappa shape index (κ3) is 9.04. The van der Waals surface area contributed by atoms with Gasteiger partial charge in [-0.25, -0.2) is 0 Å². The van der Waals surface area contributed by atoms with Crippen LogP contribution in [-0.4, -0.2) is 28.9 Å². The predicted molar refractivity (Wildman–Crippen MR) is 182 cm³/mol. The Morgan fingerprint density at radius 2 is 1.47 bits per heavy atom. The summed E-state index contributed by atoms with van der Waals surface area (Å²) in [6, 6.07) is 0. The number of carboxylic acids is 1. The van der Waals surface area contributed by atoms with Gasteiger partial charge in [0.05, 0.1) is 0 Å². The smallest absolute Gasteiger partial charge is 0.306 e. The molecule has 4 aliphatic carbocycles. The molecule has 3 unspecified atom stereocenters. The third-order valence-electron chi connectivity index (χ3n) is 13.2. The van der Waals surface area contributed by atoms with Crippen molar-refractivity contribution in [3.63, 3.8) is 0 Å². The van der Waals surface area contributed by atoms with Gasteiger partial charge in [0.15, 0.2) is 5.78 Å². The van der Waals surface area contributed by atoms with E-state index in [1.807, 2.05) is 6.08 Å². The van der Waals surface area contributed by atoms with Crippen molar-refractivity contribution in [3.8, 4) is 0 Å². The zero-order valence-electron chi connectivity index (χ0n) is 29.5. The maximum Gasteiger partial charge on any atom is 0.306 e. The first-order valence-electron chi connectivity index (χ1n) is 19.1. The Morgan fingerprint density at radius 1 is 0.822 bits per heavy atom. The van der Waals surface area contributed by atoms with E-state index in [4.69, 9.17) is 9.84 Å². The number of rotatable bonds is 18. The molecule has 0 aromatic rings. The average molecular weight is 627 g/mol. The number of ether oxygens (including phenoxy) is 1. The first kappa shape index (κ1) is 36.2. The van der Waals surface area contributed by atoms with Crippen LogP contribution in [0.15, 0.2) is 11.6 Å². The summed E-state index contributed by atoms with van der Waals surface area (Å²) in [7, 11) is 0. The monoisotopic (exact) mass is 626 g/mol. The van der Waals surface area contributed by atoms with Gasteiger partial charge in [0, 0.05) is 25.2 Å². The van der Waals surface area contributed by atoms with Gasteiger partial charge in [0.2, 0.25) is 0 Å². The van der Waals surface area contributed by atoms with Crippen molar-refractivity contribution in [1.29, 1.82) is 0 Å². The Bertz CT molecular complexity index is 1030. The number of esters is 1. The minimum absolute atomic E-state index is 0.0695. The summed E-state index contributed by atoms with van der Waals surface area (Å²) in [5.74, 6) is 3.03. The minimum atomic E-state index is -0.698. The van der Waals surface area contributed by atoms with Gasteiger partial charge in [-0.1, -0.05) is 104 Å². The van der Waals surface area contributed by atoms with Crippen molar-refractivity contribution >= 4 is 17.7 Å². The van der Waals surface area contributed by atoms with Crippen LogP contribution in [0.1, 0.15) is 169 Å². The lowest BCUT2D eigenvalue weighted by molar-refractivity contribution is -0.152. The summed E-state index contributed by atoms with van der Waals surface area (Å²) in [6.45, 7) is 12.1. The zero-order valence-corrected chi connectivity index (χ0v) is 29.5. The number of carboxylic acid groups (broad SMARTS) is 1. The molecular formula is C40H66O5. The van der Waals surface area contributed by atoms with Gasteiger partial charge in [0.1, 0.15) is 6.10 Å². The highest BCUT2D eigenvalue weighted by atomic mass is 16.5. The van der Waals surface area contributed by atoms with Gasteiger partial charge >= 0.3 is 11.9 Å². The quantitative estimate of drug-likeness (QED) is 0.121. The number of fused-ring (bicyclic) bond motifs is 5. The highest BCUT2D eigenvalue weighted by Crippen LogP contribution is 2.66. The van der Waals surface area contributed by atoms with Crippen LogP contribution in [0.4, 0.5) is 0 Å². The van der Waals surface area contributed by atoms with Crippen LogP contribution in [-0.2, 0) is 19.1 Å². The van der Waals surface area contributed by atoms with Gasteiger partial charge in [-0.05, 0) is 97.9 Å². The maximum atomic E-state index is 13.9. The Balaban J connectivity index is 1.21. The van der Waals surface area contributed by atoms with Crippen molar-refractivity contribution in [2.45, 2.75) is 176 Å². The number of unbranched alkanes of at least 4 members (excludes halogenated alkanes) is 8. The topological polar surface area (TPSA) is 80.7 Å². The molecular weight excluding hydrogens is 560 g/mol. The first-order chi connectivity index (χ1) is 21.5. The number of carbonyl (C=O) groups is 3. The Kier molecular flexibility index (Phi) is 13.2. The Labute approximate surface area is 275 Å². The summed E-state index contributed by atoms with van der Waals surface area (Å²) in [6.07, 6.45) is 23.8. The van der Waals surface area contributed by atoms with E-state index in [-0.39, 0.29) is 29.8 Å². The molecule has 0 amide bonds. The summed E-state index contributed by atoms with van der Waals surface area (Å²) in [4.78, 5) is 37.2. The molecule has 0 saturated heterocycles. The molecule has 4 aliphatic rings. The van der Waals surface area contributed by atoms with E-state index in [1.165, 1.54) is 69.8 Å². The highest BCUT2D eigenvalue weighted by molar-refractivity contribution is 5.94. The molecule has 0 aromatic heterocycles. The lowest BCUT2D eigenvalue weighted by atomic mass is 9.46. The molecule has 0 radical (unpaired) electrons. The van der Waals surface area contributed by atoms with Crippen LogP contribution >= 0.6 is 0 Å². The van der Waals surface area contributed by atoms with Gasteiger partial charge in [-0.2, -0.15) is 0 Å². The molecule has 3 fully saturated rings. The SMILES string of the molecule is CC(C)CCC[C@@H](C)[C@H]1CCC2C3C(=O)C=C4C[C@@H](OC(=O)CCCCCCCCCCCC(=O)O)CC[C@]4(C)C3CC[C@@]21C. The Morgan fingerprint density at radius 3 is 2.11 bits per heavy atom. The standard InChI is InChI=1S/C40H66O5/c1-28(2)16-15-17-29(3)32-20-21-33-38-34(23-25-40(32,33)5)39(4)24-22-31(26-30(39)27-35(38)41)45-37(44)19-14-12-10-8-6-7-9-11-13-18-36(42)43/h27-29,31-34,38H,6-26H2,1-5H3,(H,42,43)/t29-,31+,32-,33?,34?,38?,39+,40-/m1/s1. The van der Waals surface area contributed by atoms with Crippen molar-refractivity contribution in [2.75, 3.05) is 0 Å². The van der Waals surface area contributed by atoms with Gasteiger partial charge < -0.3 is 9.84 Å². The molecule has 0 aromatic carbocycles. The van der Waals surface area contributed by atoms with Gasteiger partial charge in [-0.15, -0.1) is 0 Å². The number of carbonyl (C=O) groups excluding carboxylic acids is 2. The molecule has 1 N–H and O–H groups in total. The van der Waals surface area contributed by atoms with Crippen molar-refractivity contribution < 1.29 is 24.2 Å². The van der Waals surface area contributed by atoms with Crippen LogP contribution in [0.5, 0.6) is 0 Å². The second-order valence-electron chi connectivity index (χ2n) is 16.7. The average Bonchev–Trinajstić information content (AvgIpc) is 3.33. The van der Waals surface area contributed by atoms with Gasteiger partial charge in [-0.3, -0.25) is 14.4 Å². The fourth-order valence-corrected chi connectivity index (χ4v) is 10.5. The molecule has 45 heavy (non-hydrogen) atoms. The van der Waals surface area contributed by atoms with E-state index in [0.29, 0.717) is 29.5 Å². The van der Waals surface area contributed by atoms with E-state index < -0.39 is 5.97 Å². The summed E-state index contributed by atoms with van der Waals surface area (Å²) in [5.41, 5.74) is 1.63. The normalized spacial score (nSPS) is 33.2. The second kappa shape index (κ2) is 16.4. The van der Waals surface area contributed by atoms with Crippen LogP contribution in [0.25, 0.3) is 0 Å². The molecule has 0 spiro atoms. The summed E-state index contributed by atoms with van der Waals surface area (Å²) < 4.78 is 6.00. The largest absolute Gasteiger partial charge is 0.481 e. The van der Waals surface area contributed by atoms with Crippen LogP contribution in [0.2, 0.25) is 0 Å². The lowest BCUT2D eigenvalue weighted by Crippen LogP contribution is -2.53. The van der Waals surface area contributed by atoms with Gasteiger partial charge in [0.25, 0.3) is 0 Å². The summed E-state index contributed by atoms with van der Waals surface area (Å²) >= 11 is 0. The van der Waals surface area contributed by atoms with Crippen LogP contribution in [0.3, 0.4) is 0 Å². The van der Waals surface area contributed by atoms with Crippen molar-refractivity contribution in [2.24, 2.45) is 46.3 Å². The van der Waals surface area contributed by atoms with E-state index in [9.17, 15) is 14.4 Å². The minimum Gasteiger partial charge on any atom is -0.481 e.